The van der Waals surface area contributed by atoms with Crippen molar-refractivity contribution in [2.75, 3.05) is 0 Å². The third-order valence-electron chi connectivity index (χ3n) is 2.71. The Balaban J connectivity index is 1.41. The third kappa shape index (κ3) is 10.6. The molecule has 0 aliphatic carbocycles. The summed E-state index contributed by atoms with van der Waals surface area (Å²) in [6.45, 7) is 0.309. The van der Waals surface area contributed by atoms with Crippen LogP contribution < -0.4 is 0 Å². The number of ether oxygens (including phenoxy) is 2. The van der Waals surface area contributed by atoms with Crippen LogP contribution in [0.4, 0.5) is 9.59 Å². The number of hydrogen-bond acceptors (Lipinski definition) is 11. The van der Waals surface area contributed by atoms with Gasteiger partial charge in [0, 0.05) is 29.5 Å². The van der Waals surface area contributed by atoms with Gasteiger partial charge < -0.3 is 17.8 Å². The van der Waals surface area contributed by atoms with Gasteiger partial charge in [0.05, 0.1) is 0 Å². The SMILES string of the molecule is O=C(OCc1ccccc1)OSSSSSOC(=O)OCc1ccccc1. The minimum absolute atomic E-state index is 0.154. The molecule has 2 aromatic carbocycles. The summed E-state index contributed by atoms with van der Waals surface area (Å²) < 4.78 is 19.5. The lowest BCUT2D eigenvalue weighted by molar-refractivity contribution is 0.0994. The van der Waals surface area contributed by atoms with Crippen molar-refractivity contribution in [3.8, 4) is 0 Å². The Morgan fingerprint density at radius 1 is 0.630 bits per heavy atom. The first-order valence-corrected chi connectivity index (χ1v) is 13.3. The minimum Gasteiger partial charge on any atom is -0.429 e. The summed E-state index contributed by atoms with van der Waals surface area (Å²) in [6.07, 6.45) is -1.54. The van der Waals surface area contributed by atoms with E-state index in [0.29, 0.717) is 0 Å². The number of hydrogen-bond donors (Lipinski definition) is 0. The van der Waals surface area contributed by atoms with Crippen LogP contribution in [0.5, 0.6) is 0 Å². The van der Waals surface area contributed by atoms with Gasteiger partial charge in [-0.1, -0.05) is 60.7 Å². The zero-order valence-corrected chi connectivity index (χ0v) is 17.8. The normalized spacial score (nSPS) is 10.1. The van der Waals surface area contributed by atoms with E-state index in [1.807, 2.05) is 60.7 Å². The largest absolute Gasteiger partial charge is 0.521 e. The van der Waals surface area contributed by atoms with E-state index < -0.39 is 12.3 Å². The van der Waals surface area contributed by atoms with Gasteiger partial charge in [0.15, 0.2) is 0 Å². The van der Waals surface area contributed by atoms with E-state index >= 15 is 0 Å². The van der Waals surface area contributed by atoms with Crippen LogP contribution in [-0.4, -0.2) is 12.3 Å². The van der Waals surface area contributed by atoms with Crippen molar-refractivity contribution in [2.45, 2.75) is 13.2 Å². The molecule has 144 valence electrons. The predicted octanol–water partition coefficient (Wildman–Crippen LogP) is 6.85. The highest BCUT2D eigenvalue weighted by Crippen LogP contribution is 2.49. The lowest BCUT2D eigenvalue weighted by Gasteiger charge is -2.04. The summed E-state index contributed by atoms with van der Waals surface area (Å²) in [5, 5.41) is 0. The number of carbonyl (C=O) groups excluding carboxylic acids is 2. The molecule has 11 heteroatoms. The molecule has 0 bridgehead atoms. The van der Waals surface area contributed by atoms with Gasteiger partial charge in [-0.15, -0.1) is 0 Å². The molecule has 0 N–H and O–H groups in total. The fourth-order valence-electron chi connectivity index (χ4n) is 1.60. The molecule has 0 amide bonds. The van der Waals surface area contributed by atoms with Crippen molar-refractivity contribution >= 4 is 63.9 Å². The second-order valence-electron chi connectivity index (χ2n) is 4.56. The molecule has 0 aromatic heterocycles. The maximum absolute atomic E-state index is 11.4. The zero-order valence-electron chi connectivity index (χ0n) is 13.7. The fourth-order valence-corrected chi connectivity index (χ4v) is 7.42. The molecule has 27 heavy (non-hydrogen) atoms. The Morgan fingerprint density at radius 3 is 1.44 bits per heavy atom. The predicted molar refractivity (Wildman–Crippen MR) is 113 cm³/mol. The fraction of sp³-hybridized carbons (Fsp3) is 0.125. The van der Waals surface area contributed by atoms with Crippen molar-refractivity contribution < 1.29 is 27.4 Å². The smallest absolute Gasteiger partial charge is 0.429 e. The quantitative estimate of drug-likeness (QED) is 0.161. The second kappa shape index (κ2) is 13.8. The Hall–Kier alpha value is -1.27. The van der Waals surface area contributed by atoms with Gasteiger partial charge in [0.2, 0.25) is 0 Å². The minimum atomic E-state index is -0.768. The van der Waals surface area contributed by atoms with Crippen LogP contribution in [0.15, 0.2) is 60.7 Å². The van der Waals surface area contributed by atoms with E-state index in [0.717, 1.165) is 33.3 Å². The molecule has 0 aliphatic heterocycles. The average molecular weight is 463 g/mol. The van der Waals surface area contributed by atoms with E-state index in [-0.39, 0.29) is 13.2 Å². The van der Waals surface area contributed by atoms with Crippen LogP contribution in [0, 0.1) is 0 Å². The Kier molecular flexibility index (Phi) is 11.3. The average Bonchev–Trinajstić information content (AvgIpc) is 2.71. The van der Waals surface area contributed by atoms with Crippen LogP contribution in [-0.2, 0) is 31.1 Å². The number of rotatable bonds is 10. The molecule has 0 atom stereocenters. The summed E-state index contributed by atoms with van der Waals surface area (Å²) in [5.74, 6) is 0. The van der Waals surface area contributed by atoms with Crippen molar-refractivity contribution in [3.63, 3.8) is 0 Å². The summed E-state index contributed by atoms with van der Waals surface area (Å²) in [4.78, 5) is 22.8. The third-order valence-corrected chi connectivity index (χ3v) is 9.42. The summed E-state index contributed by atoms with van der Waals surface area (Å²) in [5.41, 5.74) is 1.76. The standard InChI is InChI=1S/C16H14O6S5/c17-15(19-11-13-7-3-1-4-8-13)21-23-25-27-26-24-22-16(18)20-12-14-9-5-2-6-10-14/h1-10H,11-12H2. The second-order valence-corrected chi connectivity index (χ2v) is 11.3. The first-order valence-electron chi connectivity index (χ1n) is 7.33. The first kappa shape index (κ1) is 22.0. The topological polar surface area (TPSA) is 71.1 Å². The van der Waals surface area contributed by atoms with Crippen molar-refractivity contribution in [1.82, 2.24) is 0 Å². The Bertz CT molecular complexity index is 629. The summed E-state index contributed by atoms with van der Waals surface area (Å²) >= 11 is 1.72. The number of carbonyl (C=O) groups is 2. The van der Waals surface area contributed by atoms with Gasteiger partial charge >= 0.3 is 12.3 Å². The molecule has 0 unspecified atom stereocenters. The van der Waals surface area contributed by atoms with E-state index in [1.54, 1.807) is 0 Å². The van der Waals surface area contributed by atoms with Crippen molar-refractivity contribution in [2.24, 2.45) is 0 Å². The maximum Gasteiger partial charge on any atom is 0.521 e. The van der Waals surface area contributed by atoms with E-state index in [2.05, 4.69) is 0 Å². The van der Waals surface area contributed by atoms with Gasteiger partial charge in [-0.3, -0.25) is 0 Å². The highest BCUT2D eigenvalue weighted by Gasteiger charge is 2.08. The van der Waals surface area contributed by atoms with Gasteiger partial charge in [0.25, 0.3) is 0 Å². The number of benzene rings is 2. The zero-order chi connectivity index (χ0) is 19.2. The van der Waals surface area contributed by atoms with Gasteiger partial charge in [0.1, 0.15) is 35.4 Å². The van der Waals surface area contributed by atoms with Crippen molar-refractivity contribution in [1.29, 1.82) is 0 Å². The van der Waals surface area contributed by atoms with E-state index in [1.165, 1.54) is 29.5 Å². The molecule has 0 aliphatic rings. The van der Waals surface area contributed by atoms with Crippen LogP contribution >= 0.6 is 51.6 Å². The molecule has 2 aromatic rings. The van der Waals surface area contributed by atoms with Crippen LogP contribution in [0.3, 0.4) is 0 Å². The van der Waals surface area contributed by atoms with E-state index in [4.69, 9.17) is 17.8 Å². The highest BCUT2D eigenvalue weighted by molar-refractivity contribution is 9.35. The van der Waals surface area contributed by atoms with Crippen molar-refractivity contribution in [3.05, 3.63) is 71.8 Å². The van der Waals surface area contributed by atoms with Crippen LogP contribution in [0.25, 0.3) is 0 Å². The summed E-state index contributed by atoms with van der Waals surface area (Å²) in [7, 11) is 3.63. The lowest BCUT2D eigenvalue weighted by Crippen LogP contribution is -2.02. The molecule has 0 radical (unpaired) electrons. The monoisotopic (exact) mass is 462 g/mol. The van der Waals surface area contributed by atoms with Gasteiger partial charge in [-0.25, -0.2) is 9.59 Å². The van der Waals surface area contributed by atoms with Crippen LogP contribution in [0.2, 0.25) is 0 Å². The molecule has 0 saturated heterocycles. The molecule has 0 spiro atoms. The Morgan fingerprint density at radius 2 is 1.04 bits per heavy atom. The lowest BCUT2D eigenvalue weighted by atomic mass is 10.2. The molecule has 0 fully saturated rings. The van der Waals surface area contributed by atoms with Gasteiger partial charge in [-0.2, -0.15) is 0 Å². The van der Waals surface area contributed by atoms with Gasteiger partial charge in [-0.05, 0) is 11.1 Å². The maximum atomic E-state index is 11.4. The molecule has 0 saturated carbocycles. The molecule has 6 nitrogen and oxygen atoms in total. The Labute approximate surface area is 175 Å². The highest BCUT2D eigenvalue weighted by atomic mass is 33.8. The molecule has 0 heterocycles. The molecular formula is C16H14O6S5. The van der Waals surface area contributed by atoms with Crippen LogP contribution in [0.1, 0.15) is 11.1 Å². The molecular weight excluding hydrogens is 449 g/mol. The first-order chi connectivity index (χ1) is 13.2. The molecule has 2 rings (SSSR count). The van der Waals surface area contributed by atoms with E-state index in [9.17, 15) is 9.59 Å². The summed E-state index contributed by atoms with van der Waals surface area (Å²) in [6, 6.07) is 18.6.